The van der Waals surface area contributed by atoms with Crippen molar-refractivity contribution in [3.63, 3.8) is 0 Å². The molecule has 6 heteroatoms. The summed E-state index contributed by atoms with van der Waals surface area (Å²) in [7, 11) is -3.58. The molecule has 0 aliphatic carbocycles. The summed E-state index contributed by atoms with van der Waals surface area (Å²) in [6, 6.07) is 4.66. The Hall–Kier alpha value is -0.430. The van der Waals surface area contributed by atoms with Gasteiger partial charge in [-0.05, 0) is 52.9 Å². The number of aliphatic hydroxyl groups excluding tert-OH is 1. The zero-order chi connectivity index (χ0) is 14.6. The molecule has 4 nitrogen and oxygen atoms in total. The van der Waals surface area contributed by atoms with E-state index in [0.717, 1.165) is 6.42 Å². The molecule has 0 aliphatic rings. The van der Waals surface area contributed by atoms with E-state index in [0.29, 0.717) is 16.0 Å². The van der Waals surface area contributed by atoms with Gasteiger partial charge in [-0.15, -0.1) is 0 Å². The van der Waals surface area contributed by atoms with Crippen LogP contribution in [0.25, 0.3) is 0 Å². The molecular weight excluding hydrogens is 330 g/mol. The summed E-state index contributed by atoms with van der Waals surface area (Å²) in [5.41, 5.74) is 0.570. The second-order valence-electron chi connectivity index (χ2n) is 5.07. The van der Waals surface area contributed by atoms with Crippen LogP contribution < -0.4 is 4.72 Å². The minimum absolute atomic E-state index is 0.130. The molecule has 0 fully saturated rings. The number of aliphatic hydroxyl groups is 1. The Labute approximate surface area is 123 Å². The molecule has 0 aliphatic heterocycles. The van der Waals surface area contributed by atoms with Crippen molar-refractivity contribution >= 4 is 26.0 Å². The summed E-state index contributed by atoms with van der Waals surface area (Å²) < 4.78 is 27.7. The van der Waals surface area contributed by atoms with Crippen LogP contribution >= 0.6 is 15.9 Å². The Morgan fingerprint density at radius 3 is 2.47 bits per heavy atom. The molecule has 108 valence electrons. The fourth-order valence-corrected chi connectivity index (χ4v) is 4.21. The quantitative estimate of drug-likeness (QED) is 0.829. The lowest BCUT2D eigenvalue weighted by Crippen LogP contribution is -2.33. The van der Waals surface area contributed by atoms with Crippen molar-refractivity contribution in [3.05, 3.63) is 28.2 Å². The van der Waals surface area contributed by atoms with E-state index >= 15 is 0 Å². The average molecular weight is 350 g/mol. The van der Waals surface area contributed by atoms with Gasteiger partial charge >= 0.3 is 0 Å². The molecule has 0 aromatic heterocycles. The van der Waals surface area contributed by atoms with Crippen molar-refractivity contribution in [2.24, 2.45) is 5.92 Å². The molecule has 1 atom stereocenters. The lowest BCUT2D eigenvalue weighted by Gasteiger charge is -2.17. The van der Waals surface area contributed by atoms with Crippen molar-refractivity contribution in [3.8, 4) is 0 Å². The van der Waals surface area contributed by atoms with E-state index in [1.54, 1.807) is 12.1 Å². The second kappa shape index (κ2) is 6.83. The standard InChI is InChI=1S/C13H20BrNO3S/c1-9(2)6-10(3)15-19(17,18)13-7-11(8-16)4-5-12(13)14/h4-5,7,9-10,15-16H,6,8H2,1-3H3. The van der Waals surface area contributed by atoms with Gasteiger partial charge in [-0.25, -0.2) is 13.1 Å². The van der Waals surface area contributed by atoms with Crippen molar-refractivity contribution in [1.29, 1.82) is 0 Å². The van der Waals surface area contributed by atoms with Gasteiger partial charge in [0.2, 0.25) is 10.0 Å². The monoisotopic (exact) mass is 349 g/mol. The highest BCUT2D eigenvalue weighted by Crippen LogP contribution is 2.23. The number of sulfonamides is 1. The van der Waals surface area contributed by atoms with Gasteiger partial charge in [0.15, 0.2) is 0 Å². The molecule has 1 aromatic carbocycles. The molecule has 0 saturated carbocycles. The minimum Gasteiger partial charge on any atom is -0.392 e. The highest BCUT2D eigenvalue weighted by atomic mass is 79.9. The molecule has 0 spiro atoms. The van der Waals surface area contributed by atoms with Gasteiger partial charge in [-0.2, -0.15) is 0 Å². The number of nitrogens with one attached hydrogen (secondary N) is 1. The van der Waals surface area contributed by atoms with Gasteiger partial charge in [0, 0.05) is 10.5 Å². The van der Waals surface area contributed by atoms with Crippen LogP contribution in [0.1, 0.15) is 32.8 Å². The molecule has 0 heterocycles. The smallest absolute Gasteiger partial charge is 0.241 e. The summed E-state index contributed by atoms with van der Waals surface area (Å²) >= 11 is 3.24. The average Bonchev–Trinajstić information content (AvgIpc) is 2.27. The molecule has 1 aromatic rings. The highest BCUT2D eigenvalue weighted by molar-refractivity contribution is 9.10. The zero-order valence-electron chi connectivity index (χ0n) is 11.4. The van der Waals surface area contributed by atoms with E-state index in [2.05, 4.69) is 20.7 Å². The molecule has 0 bridgehead atoms. The van der Waals surface area contributed by atoms with E-state index < -0.39 is 10.0 Å². The Kier molecular flexibility index (Phi) is 5.98. The first-order chi connectivity index (χ1) is 8.76. The van der Waals surface area contributed by atoms with Gasteiger partial charge in [0.05, 0.1) is 11.5 Å². The van der Waals surface area contributed by atoms with E-state index in [1.165, 1.54) is 6.07 Å². The highest BCUT2D eigenvalue weighted by Gasteiger charge is 2.21. The SMILES string of the molecule is CC(C)CC(C)NS(=O)(=O)c1cc(CO)ccc1Br. The molecule has 1 rings (SSSR count). The molecule has 0 radical (unpaired) electrons. The number of hydrogen-bond acceptors (Lipinski definition) is 3. The van der Waals surface area contributed by atoms with Crippen LogP contribution in [-0.2, 0) is 16.6 Å². The topological polar surface area (TPSA) is 66.4 Å². The van der Waals surface area contributed by atoms with Crippen LogP contribution in [0.4, 0.5) is 0 Å². The Bertz CT molecular complexity index is 529. The van der Waals surface area contributed by atoms with Crippen LogP contribution in [0, 0.1) is 5.92 Å². The predicted octanol–water partition coefficient (Wildman–Crippen LogP) is 2.65. The molecule has 2 N–H and O–H groups in total. The van der Waals surface area contributed by atoms with E-state index in [4.69, 9.17) is 5.11 Å². The lowest BCUT2D eigenvalue weighted by molar-refractivity contribution is 0.281. The van der Waals surface area contributed by atoms with Gasteiger partial charge < -0.3 is 5.11 Å². The Morgan fingerprint density at radius 1 is 1.32 bits per heavy atom. The number of halogens is 1. The van der Waals surface area contributed by atoms with Crippen LogP contribution in [0.15, 0.2) is 27.6 Å². The summed E-state index contributed by atoms with van der Waals surface area (Å²) in [5.74, 6) is 0.421. The third-order valence-electron chi connectivity index (χ3n) is 2.65. The van der Waals surface area contributed by atoms with Crippen molar-refractivity contribution in [1.82, 2.24) is 4.72 Å². The second-order valence-corrected chi connectivity index (χ2v) is 7.61. The van der Waals surface area contributed by atoms with E-state index in [9.17, 15) is 8.42 Å². The minimum atomic E-state index is -3.58. The number of hydrogen-bond donors (Lipinski definition) is 2. The summed E-state index contributed by atoms with van der Waals surface area (Å²) in [6.45, 7) is 5.76. The van der Waals surface area contributed by atoms with Gasteiger partial charge in [-0.1, -0.05) is 19.9 Å². The van der Waals surface area contributed by atoms with Crippen molar-refractivity contribution < 1.29 is 13.5 Å². The summed E-state index contributed by atoms with van der Waals surface area (Å²) in [6.07, 6.45) is 0.774. The molecule has 19 heavy (non-hydrogen) atoms. The van der Waals surface area contributed by atoms with Crippen molar-refractivity contribution in [2.75, 3.05) is 0 Å². The molecule has 0 saturated heterocycles. The number of rotatable bonds is 6. The van der Waals surface area contributed by atoms with Crippen LogP contribution in [0.5, 0.6) is 0 Å². The molecule has 1 unspecified atom stereocenters. The lowest BCUT2D eigenvalue weighted by atomic mass is 10.1. The third kappa shape index (κ3) is 4.87. The third-order valence-corrected chi connectivity index (χ3v) is 5.23. The maximum atomic E-state index is 12.3. The van der Waals surface area contributed by atoms with Gasteiger partial charge in [0.25, 0.3) is 0 Å². The fraction of sp³-hybridized carbons (Fsp3) is 0.538. The maximum absolute atomic E-state index is 12.3. The van der Waals surface area contributed by atoms with E-state index in [1.807, 2.05) is 20.8 Å². The van der Waals surface area contributed by atoms with Crippen LogP contribution in [0.2, 0.25) is 0 Å². The Balaban J connectivity index is 3.00. The normalized spacial score (nSPS) is 13.8. The largest absolute Gasteiger partial charge is 0.392 e. The number of benzene rings is 1. The summed E-state index contributed by atoms with van der Waals surface area (Å²) in [4.78, 5) is 0.162. The molecule has 0 amide bonds. The predicted molar refractivity (Wildman–Crippen MR) is 79.3 cm³/mol. The Morgan fingerprint density at radius 2 is 1.95 bits per heavy atom. The first-order valence-electron chi connectivity index (χ1n) is 6.18. The van der Waals surface area contributed by atoms with Gasteiger partial charge in [0.1, 0.15) is 0 Å². The summed E-state index contributed by atoms with van der Waals surface area (Å²) in [5, 5.41) is 9.09. The first kappa shape index (κ1) is 16.6. The van der Waals surface area contributed by atoms with Crippen LogP contribution in [-0.4, -0.2) is 19.6 Å². The van der Waals surface area contributed by atoms with Gasteiger partial charge in [-0.3, -0.25) is 0 Å². The first-order valence-corrected chi connectivity index (χ1v) is 8.45. The van der Waals surface area contributed by atoms with Crippen molar-refractivity contribution in [2.45, 2.75) is 44.7 Å². The van der Waals surface area contributed by atoms with Crippen LogP contribution in [0.3, 0.4) is 0 Å². The fourth-order valence-electron chi connectivity index (χ4n) is 1.94. The maximum Gasteiger partial charge on any atom is 0.241 e. The molecular formula is C13H20BrNO3S. The zero-order valence-corrected chi connectivity index (χ0v) is 13.8. The van der Waals surface area contributed by atoms with E-state index in [-0.39, 0.29) is 17.5 Å².